The van der Waals surface area contributed by atoms with Gasteiger partial charge in [-0.3, -0.25) is 5.84 Å². The lowest BCUT2D eigenvalue weighted by Gasteiger charge is -2.08. The van der Waals surface area contributed by atoms with Crippen LogP contribution in [0.4, 0.5) is 5.69 Å². The number of carboxylic acids is 1. The number of halogens is 1. The van der Waals surface area contributed by atoms with Gasteiger partial charge in [-0.05, 0) is 23.8 Å². The van der Waals surface area contributed by atoms with Gasteiger partial charge >= 0.3 is 5.97 Å². The van der Waals surface area contributed by atoms with Crippen molar-refractivity contribution in [3.05, 3.63) is 28.2 Å². The zero-order chi connectivity index (χ0) is 10.7. The van der Waals surface area contributed by atoms with Crippen molar-refractivity contribution in [3.8, 4) is 0 Å². The number of anilines is 1. The summed E-state index contributed by atoms with van der Waals surface area (Å²) in [7, 11) is 0. The highest BCUT2D eigenvalue weighted by atomic mass is 79.9. The van der Waals surface area contributed by atoms with Crippen LogP contribution in [0.3, 0.4) is 0 Å². The van der Waals surface area contributed by atoms with Crippen LogP contribution in [0.1, 0.15) is 11.7 Å². The van der Waals surface area contributed by atoms with Gasteiger partial charge in [-0.25, -0.2) is 4.79 Å². The van der Waals surface area contributed by atoms with Crippen molar-refractivity contribution in [1.29, 1.82) is 0 Å². The van der Waals surface area contributed by atoms with Crippen molar-refractivity contribution >= 4 is 27.6 Å². The van der Waals surface area contributed by atoms with Gasteiger partial charge in [-0.2, -0.15) is 0 Å². The number of aliphatic hydroxyl groups is 1. The van der Waals surface area contributed by atoms with Gasteiger partial charge in [0.1, 0.15) is 0 Å². The summed E-state index contributed by atoms with van der Waals surface area (Å²) in [5.41, 5.74) is 3.15. The van der Waals surface area contributed by atoms with Crippen LogP contribution in [-0.4, -0.2) is 16.2 Å². The molecule has 0 amide bonds. The molecule has 0 saturated carbocycles. The lowest BCUT2D eigenvalue weighted by molar-refractivity contribution is -0.146. The monoisotopic (exact) mass is 260 g/mol. The van der Waals surface area contributed by atoms with E-state index in [0.29, 0.717) is 10.2 Å². The zero-order valence-electron chi connectivity index (χ0n) is 7.07. The third-order valence-corrected chi connectivity index (χ3v) is 2.09. The van der Waals surface area contributed by atoms with Crippen LogP contribution in [-0.2, 0) is 4.79 Å². The Balaban J connectivity index is 3.08. The summed E-state index contributed by atoms with van der Waals surface area (Å²) >= 11 is 3.17. The number of carbonyl (C=O) groups is 1. The van der Waals surface area contributed by atoms with E-state index < -0.39 is 12.1 Å². The Morgan fingerprint density at radius 3 is 2.64 bits per heavy atom. The second-order valence-electron chi connectivity index (χ2n) is 2.66. The fraction of sp³-hybridized carbons (Fsp3) is 0.125. The molecule has 1 unspecified atom stereocenters. The van der Waals surface area contributed by atoms with E-state index >= 15 is 0 Å². The maximum atomic E-state index is 10.5. The number of aliphatic carboxylic acids is 1. The summed E-state index contributed by atoms with van der Waals surface area (Å²) < 4.78 is 0.642. The third-order valence-electron chi connectivity index (χ3n) is 1.64. The summed E-state index contributed by atoms with van der Waals surface area (Å²) in [5, 5.41) is 17.8. The number of aliphatic hydroxyl groups excluding tert-OH is 1. The largest absolute Gasteiger partial charge is 0.479 e. The van der Waals surface area contributed by atoms with Crippen molar-refractivity contribution in [2.24, 2.45) is 5.84 Å². The van der Waals surface area contributed by atoms with Crippen molar-refractivity contribution in [2.75, 3.05) is 5.43 Å². The van der Waals surface area contributed by atoms with Crippen molar-refractivity contribution in [2.45, 2.75) is 6.10 Å². The Bertz CT molecular complexity index is 356. The van der Waals surface area contributed by atoms with E-state index in [1.165, 1.54) is 12.1 Å². The van der Waals surface area contributed by atoms with E-state index in [1.54, 1.807) is 6.07 Å². The molecule has 0 aliphatic carbocycles. The Labute approximate surface area is 88.6 Å². The average Bonchev–Trinajstić information content (AvgIpc) is 2.15. The average molecular weight is 261 g/mol. The molecule has 0 heterocycles. The number of carboxylic acid groups (broad SMARTS) is 1. The van der Waals surface area contributed by atoms with Crippen molar-refractivity contribution in [3.63, 3.8) is 0 Å². The molecule has 0 aromatic heterocycles. The minimum absolute atomic E-state index is 0.264. The van der Waals surface area contributed by atoms with E-state index in [9.17, 15) is 9.90 Å². The Hall–Kier alpha value is -1.11. The van der Waals surface area contributed by atoms with E-state index in [1.807, 2.05) is 0 Å². The lowest BCUT2D eigenvalue weighted by atomic mass is 10.1. The molecular formula is C8H9BrN2O3. The Morgan fingerprint density at radius 2 is 2.14 bits per heavy atom. The highest BCUT2D eigenvalue weighted by Crippen LogP contribution is 2.23. The van der Waals surface area contributed by atoms with Gasteiger partial charge in [-0.15, -0.1) is 0 Å². The molecule has 1 aromatic carbocycles. The van der Waals surface area contributed by atoms with Crippen LogP contribution >= 0.6 is 15.9 Å². The molecule has 76 valence electrons. The highest BCUT2D eigenvalue weighted by molar-refractivity contribution is 9.10. The molecule has 5 nitrogen and oxygen atoms in total. The van der Waals surface area contributed by atoms with Crippen LogP contribution in [0.5, 0.6) is 0 Å². The Morgan fingerprint density at radius 1 is 1.50 bits per heavy atom. The number of nitrogens with two attached hydrogens (primary N) is 1. The first-order valence-electron chi connectivity index (χ1n) is 3.72. The molecular weight excluding hydrogens is 252 g/mol. The van der Waals surface area contributed by atoms with Gasteiger partial charge in [0, 0.05) is 10.2 Å². The summed E-state index contributed by atoms with van der Waals surface area (Å²) in [5.74, 6) is 3.86. The van der Waals surface area contributed by atoms with Crippen LogP contribution < -0.4 is 11.3 Å². The lowest BCUT2D eigenvalue weighted by Crippen LogP contribution is -2.12. The van der Waals surface area contributed by atoms with Gasteiger partial charge in [-0.1, -0.05) is 15.9 Å². The smallest absolute Gasteiger partial charge is 0.337 e. The topological polar surface area (TPSA) is 95.6 Å². The second-order valence-corrected chi connectivity index (χ2v) is 3.57. The molecule has 1 atom stereocenters. The number of hydrazine groups is 1. The normalized spacial score (nSPS) is 12.2. The standard InChI is InChI=1S/C8H9BrN2O3/c9-5-1-4(7(12)8(13)14)2-6(3-5)11-10/h1-3,7,11-12H,10H2,(H,13,14). The van der Waals surface area contributed by atoms with Crippen LogP contribution in [0, 0.1) is 0 Å². The van der Waals surface area contributed by atoms with Crippen LogP contribution in [0.25, 0.3) is 0 Å². The van der Waals surface area contributed by atoms with Crippen molar-refractivity contribution < 1.29 is 15.0 Å². The highest BCUT2D eigenvalue weighted by Gasteiger charge is 2.16. The summed E-state index contributed by atoms with van der Waals surface area (Å²) in [4.78, 5) is 10.5. The molecule has 5 N–H and O–H groups in total. The minimum atomic E-state index is -1.54. The summed E-state index contributed by atoms with van der Waals surface area (Å²) in [6, 6.07) is 4.64. The molecule has 1 rings (SSSR count). The molecule has 1 aromatic rings. The predicted molar refractivity (Wildman–Crippen MR) is 54.5 cm³/mol. The van der Waals surface area contributed by atoms with E-state index in [-0.39, 0.29) is 5.56 Å². The molecule has 0 fully saturated rings. The number of rotatable bonds is 3. The van der Waals surface area contributed by atoms with Crippen LogP contribution in [0.15, 0.2) is 22.7 Å². The SMILES string of the molecule is NNc1cc(Br)cc(C(O)C(=O)O)c1. The number of nitrogens with one attached hydrogen (secondary N) is 1. The zero-order valence-corrected chi connectivity index (χ0v) is 8.65. The van der Waals surface area contributed by atoms with E-state index in [4.69, 9.17) is 10.9 Å². The summed E-state index contributed by atoms with van der Waals surface area (Å²) in [6.45, 7) is 0. The van der Waals surface area contributed by atoms with Gasteiger partial charge in [0.05, 0.1) is 0 Å². The number of nitrogen functional groups attached to an aromatic ring is 1. The molecule has 0 saturated heterocycles. The maximum Gasteiger partial charge on any atom is 0.337 e. The fourth-order valence-corrected chi connectivity index (χ4v) is 1.51. The fourth-order valence-electron chi connectivity index (χ4n) is 0.996. The number of hydrogen-bond donors (Lipinski definition) is 4. The van der Waals surface area contributed by atoms with Gasteiger partial charge in [0.15, 0.2) is 6.10 Å². The first-order valence-corrected chi connectivity index (χ1v) is 4.52. The third kappa shape index (κ3) is 2.44. The van der Waals surface area contributed by atoms with Crippen LogP contribution in [0.2, 0.25) is 0 Å². The summed E-state index contributed by atoms with van der Waals surface area (Å²) in [6.07, 6.45) is -1.54. The maximum absolute atomic E-state index is 10.5. The van der Waals surface area contributed by atoms with Gasteiger partial charge < -0.3 is 15.6 Å². The predicted octanol–water partition coefficient (Wildman–Crippen LogP) is 0.853. The first kappa shape index (κ1) is 11.0. The first-order chi connectivity index (χ1) is 6.54. The van der Waals surface area contributed by atoms with E-state index in [0.717, 1.165) is 0 Å². The molecule has 0 bridgehead atoms. The Kier molecular flexibility index (Phi) is 3.45. The molecule has 0 aliphatic rings. The van der Waals surface area contributed by atoms with Gasteiger partial charge in [0.2, 0.25) is 0 Å². The van der Waals surface area contributed by atoms with Gasteiger partial charge in [0.25, 0.3) is 0 Å². The molecule has 0 radical (unpaired) electrons. The molecule has 0 spiro atoms. The van der Waals surface area contributed by atoms with E-state index in [2.05, 4.69) is 21.4 Å². The second kappa shape index (κ2) is 4.41. The molecule has 14 heavy (non-hydrogen) atoms. The minimum Gasteiger partial charge on any atom is -0.479 e. The molecule has 0 aliphatic heterocycles. The quantitative estimate of drug-likeness (QED) is 0.478. The number of benzene rings is 1. The van der Waals surface area contributed by atoms with Crippen molar-refractivity contribution in [1.82, 2.24) is 0 Å². The number of hydrogen-bond acceptors (Lipinski definition) is 4. The molecule has 6 heteroatoms.